The smallest absolute Gasteiger partial charge is 0.156 e. The Bertz CT molecular complexity index is 499. The second-order valence-electron chi connectivity index (χ2n) is 5.61. The Morgan fingerprint density at radius 1 is 1.40 bits per heavy atom. The molecule has 1 aromatic carbocycles. The summed E-state index contributed by atoms with van der Waals surface area (Å²) in [7, 11) is 0. The van der Waals surface area contributed by atoms with Gasteiger partial charge < -0.3 is 5.32 Å². The molecule has 0 bridgehead atoms. The monoisotopic (exact) mass is 342 g/mol. The molecular weight excluding hydrogens is 323 g/mol. The molecule has 0 radical (unpaired) electrons. The van der Waals surface area contributed by atoms with Crippen LogP contribution < -0.4 is 5.32 Å². The molecule has 1 heterocycles. The van der Waals surface area contributed by atoms with E-state index in [1.807, 2.05) is 13.8 Å². The zero-order valence-corrected chi connectivity index (χ0v) is 13.5. The van der Waals surface area contributed by atoms with Crippen LogP contribution in [0.15, 0.2) is 22.7 Å². The van der Waals surface area contributed by atoms with Crippen molar-refractivity contribution >= 4 is 21.7 Å². The van der Waals surface area contributed by atoms with Crippen LogP contribution >= 0.6 is 15.9 Å². The van der Waals surface area contributed by atoms with E-state index in [2.05, 4.69) is 26.1 Å². The molecule has 1 aliphatic heterocycles. The van der Waals surface area contributed by atoms with Gasteiger partial charge in [-0.3, -0.25) is 9.69 Å². The predicted octanol–water partition coefficient (Wildman–Crippen LogP) is 2.38. The molecule has 0 unspecified atom stereocenters. The summed E-state index contributed by atoms with van der Waals surface area (Å²) in [6, 6.07) is 4.82. The van der Waals surface area contributed by atoms with Gasteiger partial charge in [-0.15, -0.1) is 0 Å². The Morgan fingerprint density at radius 2 is 2.05 bits per heavy atom. The van der Waals surface area contributed by atoms with Gasteiger partial charge in [0.25, 0.3) is 0 Å². The first-order chi connectivity index (χ1) is 9.43. The van der Waals surface area contributed by atoms with E-state index in [0.717, 1.165) is 26.2 Å². The highest BCUT2D eigenvalue weighted by atomic mass is 79.9. The molecule has 0 aliphatic carbocycles. The minimum atomic E-state index is -0.520. The topological polar surface area (TPSA) is 32.3 Å². The molecule has 0 amide bonds. The van der Waals surface area contributed by atoms with Crippen molar-refractivity contribution in [2.24, 2.45) is 0 Å². The van der Waals surface area contributed by atoms with Gasteiger partial charge in [0, 0.05) is 32.6 Å². The van der Waals surface area contributed by atoms with E-state index in [-0.39, 0.29) is 18.0 Å². The summed E-state index contributed by atoms with van der Waals surface area (Å²) in [6.45, 7) is 7.44. The number of carbonyl (C=O) groups excluding carboxylic acids is 1. The first-order valence-corrected chi connectivity index (χ1v) is 7.64. The molecule has 0 saturated carbocycles. The van der Waals surface area contributed by atoms with E-state index < -0.39 is 5.54 Å². The van der Waals surface area contributed by atoms with Crippen LogP contribution in [-0.2, 0) is 11.2 Å². The van der Waals surface area contributed by atoms with Crippen LogP contribution in [0.25, 0.3) is 0 Å². The number of hydrogen-bond acceptors (Lipinski definition) is 3. The fourth-order valence-corrected chi connectivity index (χ4v) is 2.88. The Labute approximate surface area is 127 Å². The highest BCUT2D eigenvalue weighted by Crippen LogP contribution is 2.24. The van der Waals surface area contributed by atoms with Crippen molar-refractivity contribution in [2.75, 3.05) is 26.2 Å². The minimum absolute atomic E-state index is 0.116. The predicted molar refractivity (Wildman–Crippen MR) is 81.3 cm³/mol. The minimum Gasteiger partial charge on any atom is -0.314 e. The van der Waals surface area contributed by atoms with Crippen molar-refractivity contribution in [1.29, 1.82) is 0 Å². The summed E-state index contributed by atoms with van der Waals surface area (Å²) in [5, 5.41) is 3.28. The van der Waals surface area contributed by atoms with E-state index in [9.17, 15) is 9.18 Å². The maximum Gasteiger partial charge on any atom is 0.156 e. The number of rotatable bonds is 4. The highest BCUT2D eigenvalue weighted by Gasteiger charge is 2.34. The Hall–Kier alpha value is -0.780. The average Bonchev–Trinajstić information content (AvgIpc) is 2.44. The van der Waals surface area contributed by atoms with Crippen molar-refractivity contribution < 1.29 is 9.18 Å². The zero-order chi connectivity index (χ0) is 14.8. The largest absolute Gasteiger partial charge is 0.314 e. The molecule has 1 fully saturated rings. The number of halogens is 2. The van der Waals surface area contributed by atoms with E-state index in [1.54, 1.807) is 12.1 Å². The van der Waals surface area contributed by atoms with Gasteiger partial charge in [0.15, 0.2) is 5.78 Å². The van der Waals surface area contributed by atoms with Gasteiger partial charge in [0.2, 0.25) is 0 Å². The van der Waals surface area contributed by atoms with Crippen molar-refractivity contribution in [2.45, 2.75) is 25.8 Å². The molecule has 1 N–H and O–H groups in total. The Morgan fingerprint density at radius 3 is 2.70 bits per heavy atom. The third-order valence-corrected chi connectivity index (χ3v) is 4.86. The molecule has 110 valence electrons. The lowest BCUT2D eigenvalue weighted by Crippen LogP contribution is -2.57. The first kappa shape index (κ1) is 15.6. The summed E-state index contributed by atoms with van der Waals surface area (Å²) in [5.74, 6) is -0.207. The number of nitrogens with one attached hydrogen (secondary N) is 1. The van der Waals surface area contributed by atoms with Crippen molar-refractivity contribution in [3.63, 3.8) is 0 Å². The van der Waals surface area contributed by atoms with Crippen molar-refractivity contribution in [3.8, 4) is 0 Å². The van der Waals surface area contributed by atoms with Gasteiger partial charge >= 0.3 is 0 Å². The first-order valence-electron chi connectivity index (χ1n) is 6.85. The zero-order valence-electron chi connectivity index (χ0n) is 11.9. The Balaban J connectivity index is 2.12. The average molecular weight is 343 g/mol. The normalized spacial score (nSPS) is 17.2. The van der Waals surface area contributed by atoms with E-state index >= 15 is 0 Å². The fraction of sp³-hybridized carbons (Fsp3) is 0.533. The van der Waals surface area contributed by atoms with Crippen LogP contribution in [0.3, 0.4) is 0 Å². The summed E-state index contributed by atoms with van der Waals surface area (Å²) >= 11 is 3.22. The number of nitrogens with zero attached hydrogens (tertiary/aromatic N) is 1. The summed E-state index contributed by atoms with van der Waals surface area (Å²) in [4.78, 5) is 14.8. The molecule has 0 spiro atoms. The molecule has 1 saturated heterocycles. The standard InChI is InChI=1S/C15H20BrFN2O/c1-15(2,19-8-6-18-7-9-19)13(20)10-11-4-3-5-12(17)14(11)16/h3-5,18H,6-10H2,1-2H3. The van der Waals surface area contributed by atoms with E-state index in [4.69, 9.17) is 0 Å². The third kappa shape index (κ3) is 3.27. The SMILES string of the molecule is CC(C)(C(=O)Cc1cccc(F)c1Br)N1CCNCC1. The number of benzene rings is 1. The third-order valence-electron chi connectivity index (χ3n) is 3.97. The van der Waals surface area contributed by atoms with Gasteiger partial charge in [0.05, 0.1) is 10.0 Å². The molecule has 20 heavy (non-hydrogen) atoms. The van der Waals surface area contributed by atoms with E-state index in [0.29, 0.717) is 10.0 Å². The highest BCUT2D eigenvalue weighted by molar-refractivity contribution is 9.10. The quantitative estimate of drug-likeness (QED) is 0.911. The van der Waals surface area contributed by atoms with Gasteiger partial charge in [-0.05, 0) is 41.4 Å². The molecule has 5 heteroatoms. The van der Waals surface area contributed by atoms with Crippen LogP contribution in [0.1, 0.15) is 19.4 Å². The lowest BCUT2D eigenvalue weighted by Gasteiger charge is -2.40. The van der Waals surface area contributed by atoms with Crippen LogP contribution in [-0.4, -0.2) is 42.4 Å². The van der Waals surface area contributed by atoms with Crippen LogP contribution in [0, 0.1) is 5.82 Å². The van der Waals surface area contributed by atoms with Crippen molar-refractivity contribution in [1.82, 2.24) is 10.2 Å². The molecule has 2 rings (SSSR count). The van der Waals surface area contributed by atoms with Gasteiger partial charge in [-0.1, -0.05) is 12.1 Å². The van der Waals surface area contributed by atoms with Crippen molar-refractivity contribution in [3.05, 3.63) is 34.1 Å². The van der Waals surface area contributed by atoms with Gasteiger partial charge in [-0.25, -0.2) is 4.39 Å². The summed E-state index contributed by atoms with van der Waals surface area (Å²) < 4.78 is 13.9. The Kier molecular flexibility index (Phi) is 4.94. The molecule has 1 aromatic rings. The van der Waals surface area contributed by atoms with Crippen LogP contribution in [0.2, 0.25) is 0 Å². The molecule has 0 atom stereocenters. The maximum atomic E-state index is 13.5. The number of carbonyl (C=O) groups is 1. The lowest BCUT2D eigenvalue weighted by atomic mass is 9.91. The second-order valence-corrected chi connectivity index (χ2v) is 6.40. The van der Waals surface area contributed by atoms with Crippen LogP contribution in [0.4, 0.5) is 4.39 Å². The van der Waals surface area contributed by atoms with Gasteiger partial charge in [0.1, 0.15) is 5.82 Å². The summed E-state index contributed by atoms with van der Waals surface area (Å²) in [6.07, 6.45) is 0.245. The maximum absolute atomic E-state index is 13.5. The number of ketones is 1. The second kappa shape index (κ2) is 6.33. The summed E-state index contributed by atoms with van der Waals surface area (Å²) in [5.41, 5.74) is 0.187. The molecule has 0 aromatic heterocycles. The lowest BCUT2D eigenvalue weighted by molar-refractivity contribution is -0.129. The molecule has 1 aliphatic rings. The molecule has 3 nitrogen and oxygen atoms in total. The number of hydrogen-bond donors (Lipinski definition) is 1. The number of Topliss-reactive ketones (excluding diaryl/α,β-unsaturated/α-hetero) is 1. The van der Waals surface area contributed by atoms with Crippen LogP contribution in [0.5, 0.6) is 0 Å². The van der Waals surface area contributed by atoms with Gasteiger partial charge in [-0.2, -0.15) is 0 Å². The number of piperazine rings is 1. The fourth-order valence-electron chi connectivity index (χ4n) is 2.47. The molecular formula is C15H20BrFN2O. The van der Waals surface area contributed by atoms with E-state index in [1.165, 1.54) is 6.07 Å².